The van der Waals surface area contributed by atoms with Gasteiger partial charge >= 0.3 is 0 Å². The Balaban J connectivity index is 1.47. The average Bonchev–Trinajstić information content (AvgIpc) is 3.32. The van der Waals surface area contributed by atoms with Crippen LogP contribution in [0.3, 0.4) is 0 Å². The van der Waals surface area contributed by atoms with Gasteiger partial charge in [0.05, 0.1) is 6.54 Å². The molecule has 0 bridgehead atoms. The first-order valence-electron chi connectivity index (χ1n) is 10.8. The molecule has 6 heteroatoms. The van der Waals surface area contributed by atoms with Gasteiger partial charge < -0.3 is 15.2 Å². The molecule has 3 rings (SSSR count). The molecule has 0 saturated carbocycles. The van der Waals surface area contributed by atoms with Gasteiger partial charge in [-0.3, -0.25) is 9.89 Å². The van der Waals surface area contributed by atoms with Gasteiger partial charge in [0, 0.05) is 51.2 Å². The van der Waals surface area contributed by atoms with E-state index in [0.717, 1.165) is 44.3 Å². The lowest BCUT2D eigenvalue weighted by atomic mass is 10.1. The summed E-state index contributed by atoms with van der Waals surface area (Å²) in [5.41, 5.74) is 1.39. The van der Waals surface area contributed by atoms with Crippen molar-refractivity contribution in [3.63, 3.8) is 0 Å². The van der Waals surface area contributed by atoms with Gasteiger partial charge in [-0.2, -0.15) is 0 Å². The summed E-state index contributed by atoms with van der Waals surface area (Å²) in [5, 5.41) is 7.06. The minimum atomic E-state index is 0.425. The SMILES string of the molecule is CN=C(NCc1nccn1CCCc1ccccc1)NC1CN(C(C)C)CC1C. The summed E-state index contributed by atoms with van der Waals surface area (Å²) in [6.07, 6.45) is 6.14. The maximum Gasteiger partial charge on any atom is 0.191 e. The third-order valence-electron chi connectivity index (χ3n) is 5.84. The molecule has 29 heavy (non-hydrogen) atoms. The molecule has 0 spiro atoms. The molecule has 6 nitrogen and oxygen atoms in total. The maximum absolute atomic E-state index is 4.54. The minimum absolute atomic E-state index is 0.425. The number of hydrogen-bond acceptors (Lipinski definition) is 3. The first-order valence-corrected chi connectivity index (χ1v) is 10.8. The number of likely N-dealkylation sites (tertiary alicyclic amines) is 1. The number of benzene rings is 1. The number of aryl methyl sites for hydroxylation is 2. The van der Waals surface area contributed by atoms with E-state index in [0.29, 0.717) is 24.5 Å². The normalized spacial score (nSPS) is 20.4. The summed E-state index contributed by atoms with van der Waals surface area (Å²) < 4.78 is 2.24. The number of nitrogens with zero attached hydrogens (tertiary/aromatic N) is 4. The Morgan fingerprint density at radius 1 is 1.24 bits per heavy atom. The Morgan fingerprint density at radius 2 is 2.03 bits per heavy atom. The summed E-state index contributed by atoms with van der Waals surface area (Å²) in [4.78, 5) is 11.5. The Bertz CT molecular complexity index is 767. The van der Waals surface area contributed by atoms with E-state index >= 15 is 0 Å². The average molecular weight is 397 g/mol. The topological polar surface area (TPSA) is 57.5 Å². The molecule has 1 saturated heterocycles. The van der Waals surface area contributed by atoms with Gasteiger partial charge in [-0.25, -0.2) is 4.98 Å². The van der Waals surface area contributed by atoms with E-state index in [1.165, 1.54) is 5.56 Å². The van der Waals surface area contributed by atoms with Crippen molar-refractivity contribution in [2.75, 3.05) is 20.1 Å². The van der Waals surface area contributed by atoms with E-state index in [4.69, 9.17) is 0 Å². The van der Waals surface area contributed by atoms with Crippen molar-refractivity contribution >= 4 is 5.96 Å². The van der Waals surface area contributed by atoms with Gasteiger partial charge in [0.2, 0.25) is 0 Å². The predicted octanol–water partition coefficient (Wildman–Crippen LogP) is 2.91. The number of rotatable bonds is 8. The van der Waals surface area contributed by atoms with Crippen molar-refractivity contribution < 1.29 is 0 Å². The lowest BCUT2D eigenvalue weighted by Crippen LogP contribution is -2.46. The number of imidazole rings is 1. The molecule has 2 atom stereocenters. The van der Waals surface area contributed by atoms with Crippen molar-refractivity contribution in [3.05, 3.63) is 54.1 Å². The zero-order valence-corrected chi connectivity index (χ0v) is 18.3. The molecule has 2 aromatic rings. The first-order chi connectivity index (χ1) is 14.1. The van der Waals surface area contributed by atoms with E-state index in [-0.39, 0.29) is 0 Å². The van der Waals surface area contributed by atoms with Crippen molar-refractivity contribution in [1.29, 1.82) is 0 Å². The lowest BCUT2D eigenvalue weighted by Gasteiger charge is -2.22. The number of guanidine groups is 1. The van der Waals surface area contributed by atoms with Gasteiger partial charge in [0.15, 0.2) is 5.96 Å². The van der Waals surface area contributed by atoms with Crippen molar-refractivity contribution in [2.24, 2.45) is 10.9 Å². The monoisotopic (exact) mass is 396 g/mol. The molecule has 1 aromatic heterocycles. The highest BCUT2D eigenvalue weighted by molar-refractivity contribution is 5.80. The highest BCUT2D eigenvalue weighted by Gasteiger charge is 2.31. The molecule has 0 radical (unpaired) electrons. The van der Waals surface area contributed by atoms with Crippen LogP contribution in [0.25, 0.3) is 0 Å². The van der Waals surface area contributed by atoms with Crippen molar-refractivity contribution in [1.82, 2.24) is 25.1 Å². The maximum atomic E-state index is 4.54. The van der Waals surface area contributed by atoms with Crippen LogP contribution >= 0.6 is 0 Å². The highest BCUT2D eigenvalue weighted by Crippen LogP contribution is 2.18. The van der Waals surface area contributed by atoms with E-state index in [2.05, 4.69) is 87.4 Å². The van der Waals surface area contributed by atoms with Gasteiger partial charge in [-0.1, -0.05) is 37.3 Å². The second-order valence-corrected chi connectivity index (χ2v) is 8.33. The van der Waals surface area contributed by atoms with Crippen LogP contribution in [0, 0.1) is 5.92 Å². The quantitative estimate of drug-likeness (QED) is 0.532. The Kier molecular flexibility index (Phi) is 7.69. The van der Waals surface area contributed by atoms with E-state index in [1.54, 1.807) is 0 Å². The standard InChI is InChI=1S/C23H36N6/c1-18(2)29-16-19(3)21(17-29)27-23(24-4)26-15-22-25-12-14-28(22)13-8-11-20-9-6-5-7-10-20/h5-7,9-10,12,14,18-19,21H,8,11,13,15-17H2,1-4H3,(H2,24,26,27). The zero-order valence-electron chi connectivity index (χ0n) is 18.3. The molecular weight excluding hydrogens is 360 g/mol. The van der Waals surface area contributed by atoms with Crippen molar-refractivity contribution in [3.8, 4) is 0 Å². The number of aromatic nitrogens is 2. The fourth-order valence-electron chi connectivity index (χ4n) is 3.96. The molecule has 1 aromatic carbocycles. The van der Waals surface area contributed by atoms with E-state index < -0.39 is 0 Å². The smallest absolute Gasteiger partial charge is 0.191 e. The summed E-state index contributed by atoms with van der Waals surface area (Å²) in [6, 6.07) is 11.7. The van der Waals surface area contributed by atoms with E-state index in [9.17, 15) is 0 Å². The third-order valence-corrected chi connectivity index (χ3v) is 5.84. The van der Waals surface area contributed by atoms with Crippen LogP contribution in [0.5, 0.6) is 0 Å². The molecule has 158 valence electrons. The van der Waals surface area contributed by atoms with Crippen molar-refractivity contribution in [2.45, 2.75) is 58.8 Å². The number of nitrogens with one attached hydrogen (secondary N) is 2. The predicted molar refractivity (Wildman–Crippen MR) is 120 cm³/mol. The molecule has 0 aliphatic carbocycles. The van der Waals surface area contributed by atoms with E-state index in [1.807, 2.05) is 13.2 Å². The van der Waals surface area contributed by atoms with Gasteiger partial charge in [-0.15, -0.1) is 0 Å². The van der Waals surface area contributed by atoms with Crippen LogP contribution in [0.2, 0.25) is 0 Å². The molecule has 1 fully saturated rings. The molecule has 1 aliphatic rings. The molecule has 2 unspecified atom stereocenters. The van der Waals surface area contributed by atoms with Gasteiger partial charge in [0.1, 0.15) is 5.82 Å². The number of hydrogen-bond donors (Lipinski definition) is 2. The molecule has 0 amide bonds. The number of aliphatic imine (C=N–C) groups is 1. The largest absolute Gasteiger partial charge is 0.352 e. The van der Waals surface area contributed by atoms with Crippen LogP contribution in [-0.2, 0) is 19.5 Å². The summed E-state index contributed by atoms with van der Waals surface area (Å²) >= 11 is 0. The lowest BCUT2D eigenvalue weighted by molar-refractivity contribution is 0.265. The van der Waals surface area contributed by atoms with Crippen LogP contribution in [0.4, 0.5) is 0 Å². The zero-order chi connectivity index (χ0) is 20.6. The van der Waals surface area contributed by atoms with Crippen LogP contribution in [0.15, 0.2) is 47.7 Å². The van der Waals surface area contributed by atoms with Crippen LogP contribution in [0.1, 0.15) is 38.6 Å². The second kappa shape index (κ2) is 10.4. The summed E-state index contributed by atoms with van der Waals surface area (Å²) in [6.45, 7) is 10.7. The fraction of sp³-hybridized carbons (Fsp3) is 0.565. The molecular formula is C23H36N6. The molecule has 2 heterocycles. The summed E-state index contributed by atoms with van der Waals surface area (Å²) in [5.74, 6) is 2.51. The second-order valence-electron chi connectivity index (χ2n) is 8.33. The van der Waals surface area contributed by atoms with Gasteiger partial charge in [0.25, 0.3) is 0 Å². The minimum Gasteiger partial charge on any atom is -0.352 e. The highest BCUT2D eigenvalue weighted by atomic mass is 15.3. The fourth-order valence-corrected chi connectivity index (χ4v) is 3.96. The molecule has 2 N–H and O–H groups in total. The summed E-state index contributed by atoms with van der Waals surface area (Å²) in [7, 11) is 1.83. The van der Waals surface area contributed by atoms with Gasteiger partial charge in [-0.05, 0) is 38.2 Å². The Labute approximate surface area is 175 Å². The Morgan fingerprint density at radius 3 is 2.72 bits per heavy atom. The molecule has 1 aliphatic heterocycles. The first kappa shape index (κ1) is 21.4. The Hall–Kier alpha value is -2.34. The van der Waals surface area contributed by atoms with Crippen LogP contribution < -0.4 is 10.6 Å². The van der Waals surface area contributed by atoms with Crippen LogP contribution in [-0.4, -0.2) is 52.6 Å². The third kappa shape index (κ3) is 6.07.